The lowest BCUT2D eigenvalue weighted by Gasteiger charge is -2.39. The zero-order valence-corrected chi connectivity index (χ0v) is 21.9. The number of ether oxygens (including phenoxy) is 1. The molecule has 1 aromatic heterocycles. The number of rotatable bonds is 7. The van der Waals surface area contributed by atoms with Crippen LogP contribution in [0.1, 0.15) is 80.9 Å². The van der Waals surface area contributed by atoms with Crippen LogP contribution in [0.5, 0.6) is 0 Å². The zero-order chi connectivity index (χ0) is 25.3. The molecule has 190 valence electrons. The number of fused-ring (bicyclic) bond motifs is 1. The molecule has 0 aliphatic carbocycles. The SMILES string of the molecule is CCC1(CC)C[C@H](OCc2ccccc2)CN1C(=O)c1cnn2c1N[C@@H](c1ccccc1)CC2(C)C. The molecule has 2 aromatic carbocycles. The molecule has 1 amide bonds. The molecule has 2 aliphatic heterocycles. The molecule has 6 nitrogen and oxygen atoms in total. The first kappa shape index (κ1) is 24.6. The molecule has 3 heterocycles. The van der Waals surface area contributed by atoms with Crippen LogP contribution in [0.25, 0.3) is 0 Å². The van der Waals surface area contributed by atoms with Crippen LogP contribution < -0.4 is 5.32 Å². The predicted molar refractivity (Wildman–Crippen MR) is 143 cm³/mol. The fourth-order valence-electron chi connectivity index (χ4n) is 6.05. The van der Waals surface area contributed by atoms with E-state index in [-0.39, 0.29) is 29.1 Å². The smallest absolute Gasteiger partial charge is 0.259 e. The van der Waals surface area contributed by atoms with Gasteiger partial charge in [-0.05, 0) is 50.7 Å². The summed E-state index contributed by atoms with van der Waals surface area (Å²) in [6, 6.07) is 20.8. The number of benzene rings is 2. The molecule has 0 spiro atoms. The normalized spacial score (nSPS) is 22.2. The van der Waals surface area contributed by atoms with E-state index in [0.717, 1.165) is 37.1 Å². The molecule has 3 aromatic rings. The number of anilines is 1. The molecule has 0 radical (unpaired) electrons. The highest BCUT2D eigenvalue weighted by Gasteiger charge is 2.47. The highest BCUT2D eigenvalue weighted by atomic mass is 16.5. The molecule has 0 saturated carbocycles. The van der Waals surface area contributed by atoms with Gasteiger partial charge in [-0.15, -0.1) is 0 Å². The average molecular weight is 487 g/mol. The van der Waals surface area contributed by atoms with Gasteiger partial charge in [-0.3, -0.25) is 4.79 Å². The zero-order valence-electron chi connectivity index (χ0n) is 21.9. The quantitative estimate of drug-likeness (QED) is 0.434. The van der Waals surface area contributed by atoms with Gasteiger partial charge in [0.1, 0.15) is 11.4 Å². The van der Waals surface area contributed by atoms with Gasteiger partial charge in [-0.1, -0.05) is 74.5 Å². The monoisotopic (exact) mass is 486 g/mol. The summed E-state index contributed by atoms with van der Waals surface area (Å²) in [6.45, 7) is 9.92. The number of aromatic nitrogens is 2. The van der Waals surface area contributed by atoms with Gasteiger partial charge >= 0.3 is 0 Å². The Morgan fingerprint density at radius 1 is 1.03 bits per heavy atom. The van der Waals surface area contributed by atoms with Crippen molar-refractivity contribution in [2.75, 3.05) is 11.9 Å². The maximum Gasteiger partial charge on any atom is 0.259 e. The first-order valence-corrected chi connectivity index (χ1v) is 13.2. The van der Waals surface area contributed by atoms with E-state index in [1.807, 2.05) is 28.9 Å². The molecule has 2 atom stereocenters. The van der Waals surface area contributed by atoms with E-state index in [9.17, 15) is 4.79 Å². The molecule has 5 rings (SSSR count). The molecule has 0 bridgehead atoms. The first-order valence-electron chi connectivity index (χ1n) is 13.2. The van der Waals surface area contributed by atoms with E-state index in [0.29, 0.717) is 18.7 Å². The molecule has 1 N–H and O–H groups in total. The second-order valence-electron chi connectivity index (χ2n) is 10.9. The van der Waals surface area contributed by atoms with Gasteiger partial charge in [0, 0.05) is 12.1 Å². The summed E-state index contributed by atoms with van der Waals surface area (Å²) < 4.78 is 8.33. The Hall–Kier alpha value is -3.12. The Bertz CT molecular complexity index is 1180. The Morgan fingerprint density at radius 3 is 2.36 bits per heavy atom. The third-order valence-corrected chi connectivity index (χ3v) is 8.25. The van der Waals surface area contributed by atoms with Gasteiger partial charge in [-0.25, -0.2) is 4.68 Å². The molecule has 1 saturated heterocycles. The van der Waals surface area contributed by atoms with E-state index in [1.165, 1.54) is 5.56 Å². The van der Waals surface area contributed by atoms with Crippen LogP contribution in [0.4, 0.5) is 5.82 Å². The Balaban J connectivity index is 1.41. The van der Waals surface area contributed by atoms with Crippen molar-refractivity contribution in [1.29, 1.82) is 0 Å². The van der Waals surface area contributed by atoms with Crippen LogP contribution in [-0.2, 0) is 16.9 Å². The van der Waals surface area contributed by atoms with Crippen molar-refractivity contribution in [3.63, 3.8) is 0 Å². The van der Waals surface area contributed by atoms with Crippen molar-refractivity contribution in [3.8, 4) is 0 Å². The van der Waals surface area contributed by atoms with Gasteiger partial charge in [-0.2, -0.15) is 5.10 Å². The minimum absolute atomic E-state index is 0.0157. The summed E-state index contributed by atoms with van der Waals surface area (Å²) in [4.78, 5) is 16.2. The molecule has 36 heavy (non-hydrogen) atoms. The van der Waals surface area contributed by atoms with Crippen LogP contribution >= 0.6 is 0 Å². The summed E-state index contributed by atoms with van der Waals surface area (Å²) in [7, 11) is 0. The third kappa shape index (κ3) is 4.43. The van der Waals surface area contributed by atoms with E-state index in [2.05, 4.69) is 74.3 Å². The minimum atomic E-state index is -0.212. The summed E-state index contributed by atoms with van der Waals surface area (Å²) in [5, 5.41) is 8.36. The Kier molecular flexibility index (Phi) is 6.64. The molecular formula is C30H38N4O2. The van der Waals surface area contributed by atoms with Crippen LogP contribution in [0.15, 0.2) is 66.9 Å². The number of hydrogen-bond donors (Lipinski definition) is 1. The van der Waals surface area contributed by atoms with Gasteiger partial charge in [0.25, 0.3) is 5.91 Å². The second kappa shape index (κ2) is 9.74. The van der Waals surface area contributed by atoms with Crippen molar-refractivity contribution in [1.82, 2.24) is 14.7 Å². The number of hydrogen-bond acceptors (Lipinski definition) is 4. The van der Waals surface area contributed by atoms with Crippen molar-refractivity contribution < 1.29 is 9.53 Å². The van der Waals surface area contributed by atoms with Crippen LogP contribution in [-0.4, -0.2) is 38.8 Å². The third-order valence-electron chi connectivity index (χ3n) is 8.25. The number of nitrogens with one attached hydrogen (secondary N) is 1. The minimum Gasteiger partial charge on any atom is -0.372 e. The lowest BCUT2D eigenvalue weighted by molar-refractivity contribution is 0.0436. The van der Waals surface area contributed by atoms with Crippen molar-refractivity contribution in [2.45, 2.75) is 83.2 Å². The lowest BCUT2D eigenvalue weighted by atomic mass is 9.88. The van der Waals surface area contributed by atoms with Crippen molar-refractivity contribution in [3.05, 3.63) is 83.6 Å². The number of amides is 1. The maximum atomic E-state index is 14.2. The maximum absolute atomic E-state index is 14.2. The van der Waals surface area contributed by atoms with E-state index in [4.69, 9.17) is 9.84 Å². The van der Waals surface area contributed by atoms with Crippen LogP contribution in [0.3, 0.4) is 0 Å². The van der Waals surface area contributed by atoms with Gasteiger partial charge < -0.3 is 15.0 Å². The molecule has 2 aliphatic rings. The molecule has 1 fully saturated rings. The van der Waals surface area contributed by atoms with E-state index < -0.39 is 0 Å². The highest BCUT2D eigenvalue weighted by molar-refractivity contribution is 5.99. The summed E-state index contributed by atoms with van der Waals surface area (Å²) >= 11 is 0. The highest BCUT2D eigenvalue weighted by Crippen LogP contribution is 2.43. The molecular weight excluding hydrogens is 448 g/mol. The fraction of sp³-hybridized carbons (Fsp3) is 0.467. The predicted octanol–water partition coefficient (Wildman–Crippen LogP) is 6.17. The van der Waals surface area contributed by atoms with Gasteiger partial charge in [0.2, 0.25) is 0 Å². The first-order chi connectivity index (χ1) is 17.4. The Morgan fingerprint density at radius 2 is 1.69 bits per heavy atom. The number of carbonyl (C=O) groups is 1. The summed E-state index contributed by atoms with van der Waals surface area (Å²) in [5.41, 5.74) is 2.61. The fourth-order valence-corrected chi connectivity index (χ4v) is 6.05. The number of nitrogens with zero attached hydrogens (tertiary/aromatic N) is 3. The number of carbonyl (C=O) groups excluding carboxylic acids is 1. The van der Waals surface area contributed by atoms with Gasteiger partial charge in [0.15, 0.2) is 0 Å². The standard InChI is InChI=1S/C30H38N4O2/c1-5-30(6-2)17-24(36-21-22-13-9-7-10-14-22)20-33(30)28(35)25-19-31-34-27(25)32-26(18-29(34,3)4)23-15-11-8-12-16-23/h7-16,19,24,26,32H,5-6,17-18,20-21H2,1-4H3/t24-,26+/m0/s1. The molecule has 0 unspecified atom stereocenters. The van der Waals surface area contributed by atoms with E-state index >= 15 is 0 Å². The lowest BCUT2D eigenvalue weighted by Crippen LogP contribution is -2.47. The summed E-state index contributed by atoms with van der Waals surface area (Å²) in [5.74, 6) is 0.864. The van der Waals surface area contributed by atoms with E-state index in [1.54, 1.807) is 6.20 Å². The summed E-state index contributed by atoms with van der Waals surface area (Å²) in [6.07, 6.45) is 5.32. The second-order valence-corrected chi connectivity index (χ2v) is 10.9. The van der Waals surface area contributed by atoms with Crippen molar-refractivity contribution >= 4 is 11.7 Å². The number of likely N-dealkylation sites (tertiary alicyclic amines) is 1. The Labute approximate surface area is 214 Å². The average Bonchev–Trinajstić information content (AvgIpc) is 3.51. The van der Waals surface area contributed by atoms with Crippen molar-refractivity contribution in [2.24, 2.45) is 0 Å². The van der Waals surface area contributed by atoms with Gasteiger partial charge in [0.05, 0.1) is 30.5 Å². The largest absolute Gasteiger partial charge is 0.372 e. The van der Waals surface area contributed by atoms with Crippen LogP contribution in [0, 0.1) is 0 Å². The van der Waals surface area contributed by atoms with Crippen LogP contribution in [0.2, 0.25) is 0 Å². The molecule has 6 heteroatoms. The topological polar surface area (TPSA) is 59.4 Å².